The van der Waals surface area contributed by atoms with Gasteiger partial charge in [0.25, 0.3) is 0 Å². The zero-order valence-corrected chi connectivity index (χ0v) is 35.1. The van der Waals surface area contributed by atoms with E-state index in [1.54, 1.807) is 11.3 Å². The Morgan fingerprint density at radius 2 is 0.984 bits per heavy atom. The Hall–Kier alpha value is -8.32. The second-order valence-corrected chi connectivity index (χ2v) is 17.6. The normalized spacial score (nSPS) is 12.1. The van der Waals surface area contributed by atoms with Crippen molar-refractivity contribution in [2.75, 3.05) is 0 Å². The molecule has 0 aliphatic heterocycles. The maximum absolute atomic E-state index is 6.21. The standard InChI is InChI=1S/C58H34N4OS/c1-3-13-35(14-4-1)55-34-48-57(64-55)56(36-15-5-2-6-16-36)60-58(59-48)62-51-27-24-40(31-45(51)46-29-37-17-7-8-18-38(37)32-52(46)62)39-23-26-50-44(30-39)42-19-9-11-21-49(42)61(50)41-25-28-54-47(33-41)43-20-10-12-22-53(43)63-54/h1-34H. The lowest BCUT2D eigenvalue weighted by atomic mass is 10.00. The molecule has 6 heteroatoms. The van der Waals surface area contributed by atoms with Gasteiger partial charge in [-0.15, -0.1) is 11.3 Å². The molecule has 0 bridgehead atoms. The molecule has 0 aliphatic carbocycles. The van der Waals surface area contributed by atoms with Crippen molar-refractivity contribution in [3.05, 3.63) is 206 Å². The van der Waals surface area contributed by atoms with Crippen LogP contribution in [0.4, 0.5) is 0 Å². The highest BCUT2D eigenvalue weighted by Gasteiger charge is 2.21. The summed E-state index contributed by atoms with van der Waals surface area (Å²) in [6.45, 7) is 0. The number of hydrogen-bond donors (Lipinski definition) is 0. The van der Waals surface area contributed by atoms with Crippen molar-refractivity contribution in [3.63, 3.8) is 0 Å². The summed E-state index contributed by atoms with van der Waals surface area (Å²) < 4.78 is 11.9. The van der Waals surface area contributed by atoms with E-state index < -0.39 is 0 Å². The first-order valence-corrected chi connectivity index (χ1v) is 22.4. The zero-order valence-electron chi connectivity index (χ0n) is 34.2. The van der Waals surface area contributed by atoms with E-state index in [-0.39, 0.29) is 0 Å². The van der Waals surface area contributed by atoms with E-state index >= 15 is 0 Å². The molecule has 0 radical (unpaired) electrons. The molecule has 14 rings (SSSR count). The Bertz CT molecular complexity index is 4190. The van der Waals surface area contributed by atoms with Gasteiger partial charge >= 0.3 is 0 Å². The molecule has 5 aromatic heterocycles. The number of fused-ring (bicyclic) bond motifs is 11. The van der Waals surface area contributed by atoms with E-state index in [9.17, 15) is 0 Å². The first-order valence-electron chi connectivity index (χ1n) is 21.6. The van der Waals surface area contributed by atoms with Crippen LogP contribution in [0.1, 0.15) is 0 Å². The number of furan rings is 1. The predicted octanol–water partition coefficient (Wildman–Crippen LogP) is 15.9. The van der Waals surface area contributed by atoms with Crippen LogP contribution in [-0.4, -0.2) is 19.1 Å². The number of aromatic nitrogens is 4. The summed E-state index contributed by atoms with van der Waals surface area (Å²) in [5.41, 5.74) is 13.8. The SMILES string of the molecule is c1ccc(-c2cc3nc(-n4c5ccc(-c6ccc7c(c6)c6ccccc6n7-c6ccc7oc8ccccc8c7c6)cc5c5cc6ccccc6cc54)nc(-c4ccccc4)c3s2)cc1. The molecule has 64 heavy (non-hydrogen) atoms. The minimum absolute atomic E-state index is 0.655. The number of nitrogens with zero attached hydrogens (tertiary/aromatic N) is 4. The van der Waals surface area contributed by atoms with Gasteiger partial charge in [-0.3, -0.25) is 4.57 Å². The molecule has 14 aromatic rings. The fraction of sp³-hybridized carbons (Fsp3) is 0. The van der Waals surface area contributed by atoms with Crippen LogP contribution in [0.15, 0.2) is 211 Å². The minimum atomic E-state index is 0.655. The number of benzene rings is 9. The summed E-state index contributed by atoms with van der Waals surface area (Å²) in [5, 5.41) is 9.35. The molecule has 0 amide bonds. The van der Waals surface area contributed by atoms with Gasteiger partial charge in [0, 0.05) is 48.4 Å². The van der Waals surface area contributed by atoms with Crippen molar-refractivity contribution >= 4 is 97.9 Å². The molecule has 298 valence electrons. The largest absolute Gasteiger partial charge is 0.456 e. The molecule has 0 unspecified atom stereocenters. The number of hydrogen-bond acceptors (Lipinski definition) is 4. The average molecular weight is 835 g/mol. The minimum Gasteiger partial charge on any atom is -0.456 e. The van der Waals surface area contributed by atoms with Crippen molar-refractivity contribution in [1.29, 1.82) is 0 Å². The maximum atomic E-state index is 6.21. The first-order chi connectivity index (χ1) is 31.7. The van der Waals surface area contributed by atoms with E-state index in [2.05, 4.69) is 203 Å². The van der Waals surface area contributed by atoms with Crippen molar-refractivity contribution in [3.8, 4) is 44.5 Å². The Labute approximate surface area is 370 Å². The van der Waals surface area contributed by atoms with Gasteiger partial charge in [0.1, 0.15) is 11.2 Å². The molecule has 0 spiro atoms. The fourth-order valence-electron chi connectivity index (χ4n) is 9.94. The van der Waals surface area contributed by atoms with E-state index in [1.165, 1.54) is 37.5 Å². The molecule has 0 atom stereocenters. The molecule has 0 N–H and O–H groups in total. The van der Waals surface area contributed by atoms with E-state index in [4.69, 9.17) is 14.4 Å². The highest BCUT2D eigenvalue weighted by Crippen LogP contribution is 2.42. The fourth-order valence-corrected chi connectivity index (χ4v) is 11.1. The highest BCUT2D eigenvalue weighted by molar-refractivity contribution is 7.22. The van der Waals surface area contributed by atoms with E-state index in [1.807, 2.05) is 12.1 Å². The van der Waals surface area contributed by atoms with Gasteiger partial charge < -0.3 is 8.98 Å². The summed E-state index contributed by atoms with van der Waals surface area (Å²) >= 11 is 1.75. The first kappa shape index (κ1) is 35.3. The summed E-state index contributed by atoms with van der Waals surface area (Å²) in [6, 6.07) is 73.8. The molecular formula is C58H34N4OS. The molecule has 0 saturated carbocycles. The Kier molecular flexibility index (Phi) is 7.49. The van der Waals surface area contributed by atoms with Crippen LogP contribution in [0.2, 0.25) is 0 Å². The zero-order chi connectivity index (χ0) is 41.9. The van der Waals surface area contributed by atoms with Crippen LogP contribution >= 0.6 is 11.3 Å². The van der Waals surface area contributed by atoms with Crippen molar-refractivity contribution < 1.29 is 4.42 Å². The molecule has 5 nitrogen and oxygen atoms in total. The quantitative estimate of drug-likeness (QED) is 0.174. The predicted molar refractivity (Wildman–Crippen MR) is 267 cm³/mol. The monoisotopic (exact) mass is 834 g/mol. The summed E-state index contributed by atoms with van der Waals surface area (Å²) in [5.74, 6) is 0.655. The number of rotatable bonds is 5. The third-order valence-electron chi connectivity index (χ3n) is 12.9. The molecule has 0 fully saturated rings. The lowest BCUT2D eigenvalue weighted by molar-refractivity contribution is 0.669. The summed E-state index contributed by atoms with van der Waals surface area (Å²) in [4.78, 5) is 12.0. The third-order valence-corrected chi connectivity index (χ3v) is 14.1. The highest BCUT2D eigenvalue weighted by atomic mass is 32.1. The molecule has 9 aromatic carbocycles. The van der Waals surface area contributed by atoms with Crippen LogP contribution < -0.4 is 0 Å². The molecule has 0 aliphatic rings. The van der Waals surface area contributed by atoms with Crippen molar-refractivity contribution in [2.24, 2.45) is 0 Å². The Morgan fingerprint density at radius 1 is 0.375 bits per heavy atom. The second-order valence-electron chi connectivity index (χ2n) is 16.6. The summed E-state index contributed by atoms with van der Waals surface area (Å²) in [6.07, 6.45) is 0. The van der Waals surface area contributed by atoms with Gasteiger partial charge in [-0.1, -0.05) is 133 Å². The van der Waals surface area contributed by atoms with Crippen LogP contribution in [0.3, 0.4) is 0 Å². The van der Waals surface area contributed by atoms with E-state index in [0.717, 1.165) is 87.5 Å². The van der Waals surface area contributed by atoms with Crippen LogP contribution in [0.25, 0.3) is 131 Å². The van der Waals surface area contributed by atoms with Gasteiger partial charge in [-0.25, -0.2) is 9.97 Å². The van der Waals surface area contributed by atoms with Crippen LogP contribution in [0.5, 0.6) is 0 Å². The van der Waals surface area contributed by atoms with Crippen molar-refractivity contribution in [1.82, 2.24) is 19.1 Å². The summed E-state index contributed by atoms with van der Waals surface area (Å²) in [7, 11) is 0. The van der Waals surface area contributed by atoms with Gasteiger partial charge in [0.05, 0.1) is 38.0 Å². The Balaban J connectivity index is 0.972. The molecule has 5 heterocycles. The Morgan fingerprint density at radius 3 is 1.78 bits per heavy atom. The number of para-hydroxylation sites is 2. The lowest BCUT2D eigenvalue weighted by Gasteiger charge is -2.10. The average Bonchev–Trinajstić information content (AvgIpc) is 4.12. The van der Waals surface area contributed by atoms with Crippen LogP contribution in [-0.2, 0) is 0 Å². The van der Waals surface area contributed by atoms with Gasteiger partial charge in [0.15, 0.2) is 0 Å². The topological polar surface area (TPSA) is 48.8 Å². The van der Waals surface area contributed by atoms with Gasteiger partial charge in [-0.05, 0) is 100 Å². The van der Waals surface area contributed by atoms with Crippen LogP contribution in [0, 0.1) is 0 Å². The van der Waals surface area contributed by atoms with E-state index in [0.29, 0.717) is 5.95 Å². The van der Waals surface area contributed by atoms with Gasteiger partial charge in [0.2, 0.25) is 5.95 Å². The maximum Gasteiger partial charge on any atom is 0.235 e. The van der Waals surface area contributed by atoms with Crippen molar-refractivity contribution in [2.45, 2.75) is 0 Å². The smallest absolute Gasteiger partial charge is 0.235 e. The molecular weight excluding hydrogens is 801 g/mol. The lowest BCUT2D eigenvalue weighted by Crippen LogP contribution is -2.02. The third kappa shape index (κ3) is 5.30. The van der Waals surface area contributed by atoms with Gasteiger partial charge in [-0.2, -0.15) is 0 Å². The molecule has 0 saturated heterocycles. The second kappa shape index (κ2) is 13.6. The number of thiophene rings is 1.